The van der Waals surface area contributed by atoms with Crippen molar-refractivity contribution in [2.75, 3.05) is 0 Å². The zero-order chi connectivity index (χ0) is 82.4. The largest absolute Gasteiger partial charge is 0.490 e. The van der Waals surface area contributed by atoms with Crippen molar-refractivity contribution in [1.82, 2.24) is 9.55 Å². The predicted octanol–water partition coefficient (Wildman–Crippen LogP) is 33.1. The molecule has 20 aromatic rings. The molecule has 2 saturated carbocycles. The Hall–Kier alpha value is -12.5. The number of hydrogen-bond donors (Lipinski definition) is 1. The molecule has 0 saturated heterocycles. The molecular weight excluding hydrogens is 1620 g/mol. The van der Waals surface area contributed by atoms with Crippen LogP contribution in [0.4, 0.5) is 0 Å². The van der Waals surface area contributed by atoms with E-state index in [0.717, 1.165) is 128 Å². The quantitative estimate of drug-likeness (QED) is 0.104. The van der Waals surface area contributed by atoms with Crippen molar-refractivity contribution in [2.45, 2.75) is 115 Å². The molecule has 0 spiro atoms. The predicted molar refractivity (Wildman–Crippen MR) is 530 cm³/mol. The third kappa shape index (κ3) is 16.2. The highest BCUT2D eigenvalue weighted by molar-refractivity contribution is 14.1. The number of nitrogens with zero attached hydrogens (tertiary/aromatic N) is 1. The third-order valence-corrected chi connectivity index (χ3v) is 28.6. The maximum atomic E-state index is 6.49. The van der Waals surface area contributed by atoms with Crippen LogP contribution in [0, 0.1) is 3.57 Å². The fourth-order valence-corrected chi connectivity index (χ4v) is 23.4. The number of rotatable bonds is 11. The Morgan fingerprint density at radius 2 is 0.680 bits per heavy atom. The number of aromatic nitrogens is 2. The van der Waals surface area contributed by atoms with Crippen molar-refractivity contribution in [3.05, 3.63) is 374 Å². The highest BCUT2D eigenvalue weighted by Crippen LogP contribution is 2.58. The minimum absolute atomic E-state index is 0.128. The minimum atomic E-state index is -0.213. The van der Waals surface area contributed by atoms with Gasteiger partial charge < -0.3 is 27.9 Å². The van der Waals surface area contributed by atoms with Crippen LogP contribution in [0.5, 0.6) is 11.5 Å². The van der Waals surface area contributed by atoms with Gasteiger partial charge in [0.05, 0.1) is 28.8 Å². The highest BCUT2D eigenvalue weighted by atomic mass is 127. The highest BCUT2D eigenvalue weighted by Gasteiger charge is 2.35. The number of benzene rings is 16. The number of ether oxygens (including phenoxy) is 2. The summed E-state index contributed by atoms with van der Waals surface area (Å²) >= 11 is 2.28. The lowest BCUT2D eigenvalue weighted by molar-refractivity contribution is 0.231. The number of nitrogens with one attached hydrogen (secondary N) is 1. The van der Waals surface area contributed by atoms with Gasteiger partial charge in [-0.3, -0.25) is 0 Å². The van der Waals surface area contributed by atoms with Crippen molar-refractivity contribution in [2.24, 2.45) is 0 Å². The summed E-state index contributed by atoms with van der Waals surface area (Å²) in [4.78, 5) is 3.78. The molecule has 1 N–H and O–H groups in total. The first-order valence-corrected chi connectivity index (χ1v) is 46.0. The molecule has 0 amide bonds. The van der Waals surface area contributed by atoms with Crippen molar-refractivity contribution in [3.8, 4) is 50.6 Å². The molecule has 2 fully saturated rings. The maximum absolute atomic E-state index is 6.49. The Morgan fingerprint density at radius 3 is 1.20 bits per heavy atom. The monoisotopic (exact) mass is 1720 g/mol. The van der Waals surface area contributed by atoms with Crippen LogP contribution in [-0.4, -0.2) is 33.1 Å². The van der Waals surface area contributed by atoms with E-state index in [9.17, 15) is 0 Å². The maximum Gasteiger partial charge on any atom is 0.143 e. The van der Waals surface area contributed by atoms with E-state index < -0.39 is 0 Å². The SMILES string of the molecule is CC(C)Oc1cccc(OC(C)C)c1-c1ccccc1P(C1CCCCC1)C1CCCCC1.Ic1ccccc1.c1ccc(-n2c3ccccc3c3ccccc3c3ccccc3c3cc(-c4cccc5c4oc4ccccc45)ccc32)cc1.c1ccc2c(c1)[nH]c1ccc(-c3cccc4c3oc3ccccc34)cc1c1ccccc1c1ccccc21. The lowest BCUT2D eigenvalue weighted by atomic mass is 9.98. The number of para-hydroxylation sites is 7. The fourth-order valence-electron chi connectivity index (χ4n) is 19.0. The summed E-state index contributed by atoms with van der Waals surface area (Å²) in [6.45, 7) is 8.45. The average Bonchev–Trinajstić information content (AvgIpc) is 1.48. The van der Waals surface area contributed by atoms with Gasteiger partial charge in [0.1, 0.15) is 33.8 Å². The van der Waals surface area contributed by atoms with Crippen LogP contribution in [-0.2, 0) is 0 Å². The third-order valence-electron chi connectivity index (χ3n) is 24.3. The van der Waals surface area contributed by atoms with E-state index in [1.807, 2.05) is 42.5 Å². The molecule has 0 aliphatic heterocycles. The molecule has 22 rings (SSSR count). The van der Waals surface area contributed by atoms with Crippen LogP contribution in [0.15, 0.2) is 379 Å². The number of furan rings is 2. The Morgan fingerprint density at radius 1 is 0.311 bits per heavy atom. The number of aromatic amines is 1. The molecule has 0 atom stereocenters. The van der Waals surface area contributed by atoms with E-state index in [4.69, 9.17) is 18.3 Å². The van der Waals surface area contributed by atoms with Crippen LogP contribution >= 0.6 is 30.5 Å². The van der Waals surface area contributed by atoms with E-state index in [1.165, 1.54) is 133 Å². The van der Waals surface area contributed by atoms with E-state index in [0.29, 0.717) is 0 Å². The molecule has 0 unspecified atom stereocenters. The fraction of sp³-hybridized carbons (Fsp3) is 0.158. The molecule has 2 aliphatic carbocycles. The zero-order valence-electron chi connectivity index (χ0n) is 69.5. The molecule has 4 heterocycles. The summed E-state index contributed by atoms with van der Waals surface area (Å²) < 4.78 is 29.3. The van der Waals surface area contributed by atoms with E-state index in [2.05, 4.69) is 387 Å². The lowest BCUT2D eigenvalue weighted by Gasteiger charge is -2.39. The van der Waals surface area contributed by atoms with Crippen LogP contribution in [0.3, 0.4) is 0 Å². The molecule has 4 aromatic heterocycles. The van der Waals surface area contributed by atoms with Crippen LogP contribution < -0.4 is 14.8 Å². The number of fused-ring (bicyclic) bond motifs is 20. The molecule has 8 heteroatoms. The van der Waals surface area contributed by atoms with Crippen LogP contribution in [0.2, 0.25) is 0 Å². The van der Waals surface area contributed by atoms with Crippen molar-refractivity contribution in [1.29, 1.82) is 0 Å². The van der Waals surface area contributed by atoms with Gasteiger partial charge in [-0.25, -0.2) is 0 Å². The second kappa shape index (κ2) is 36.0. The Kier molecular flexibility index (Phi) is 23.4. The van der Waals surface area contributed by atoms with Gasteiger partial charge in [-0.15, -0.1) is 0 Å². The van der Waals surface area contributed by atoms with E-state index in [-0.39, 0.29) is 20.1 Å². The molecule has 0 bridgehead atoms. The summed E-state index contributed by atoms with van der Waals surface area (Å²) in [6, 6.07) is 132. The molecule has 600 valence electrons. The second-order valence-electron chi connectivity index (χ2n) is 32.9. The van der Waals surface area contributed by atoms with E-state index in [1.54, 1.807) is 5.30 Å². The van der Waals surface area contributed by atoms with Gasteiger partial charge in [0.2, 0.25) is 0 Å². The summed E-state index contributed by atoms with van der Waals surface area (Å²) in [5.74, 6) is 1.91. The van der Waals surface area contributed by atoms with Gasteiger partial charge in [-0.2, -0.15) is 0 Å². The van der Waals surface area contributed by atoms with Crippen LogP contribution in [0.25, 0.3) is 170 Å². The number of halogens is 1. The van der Waals surface area contributed by atoms with Gasteiger partial charge in [-0.05, 0) is 237 Å². The minimum Gasteiger partial charge on any atom is -0.490 e. The number of hydrogen-bond acceptors (Lipinski definition) is 4. The first-order valence-electron chi connectivity index (χ1n) is 43.5. The number of H-pyrrole nitrogens is 1. The molecule has 16 aromatic carbocycles. The Balaban J connectivity index is 0.000000117. The Labute approximate surface area is 728 Å². The molecule has 6 nitrogen and oxygen atoms in total. The Bertz CT molecular complexity index is 7300. The first-order chi connectivity index (χ1) is 60.1. The smallest absolute Gasteiger partial charge is 0.143 e. The molecule has 2 aliphatic rings. The second-order valence-corrected chi connectivity index (χ2v) is 36.9. The first kappa shape index (κ1) is 79.3. The van der Waals surface area contributed by atoms with Crippen molar-refractivity contribution >= 4 is 166 Å². The summed E-state index contributed by atoms with van der Waals surface area (Å²) in [5, 5.41) is 20.6. The van der Waals surface area contributed by atoms with Crippen molar-refractivity contribution in [3.63, 3.8) is 0 Å². The van der Waals surface area contributed by atoms with Crippen molar-refractivity contribution < 1.29 is 18.3 Å². The topological polar surface area (TPSA) is 65.5 Å². The van der Waals surface area contributed by atoms with Gasteiger partial charge in [0.25, 0.3) is 0 Å². The summed E-state index contributed by atoms with van der Waals surface area (Å²) in [5.41, 5.74) is 17.9. The van der Waals surface area contributed by atoms with Gasteiger partial charge in [0.15, 0.2) is 0 Å². The zero-order valence-corrected chi connectivity index (χ0v) is 72.6. The normalized spacial score (nSPS) is 13.3. The van der Waals surface area contributed by atoms with Gasteiger partial charge in [-0.1, -0.05) is 332 Å². The van der Waals surface area contributed by atoms with E-state index >= 15 is 0 Å². The van der Waals surface area contributed by atoms with Gasteiger partial charge in [0, 0.05) is 74.5 Å². The molecule has 122 heavy (non-hydrogen) atoms. The summed E-state index contributed by atoms with van der Waals surface area (Å²) in [6.07, 6.45) is 14.4. The summed E-state index contributed by atoms with van der Waals surface area (Å²) in [7, 11) is -0.213. The lowest BCUT2D eigenvalue weighted by Crippen LogP contribution is -2.27. The molecular formula is C114H98IN2O4P. The molecule has 0 radical (unpaired) electrons. The average molecular weight is 1720 g/mol. The standard InChI is InChI=1S/C42H27NO.C36H23NO.C30H43O2P.C6H5I/c1-2-13-29(14-3-1)43-39-23-10-8-19-35(39)33-17-6-4-15-31(33)32-16-5-7-18-34(32)38-27-28(25-26-40(38)43)30-21-12-22-37-36-20-9-11-24-41(36)44-42(30)37;1-3-12-27-25(10-1)26-11-2-4-13-28(26)32-22-23(20-21-34(32)37-33-18-7-5-14-29(27)33)24-16-9-17-31-30-15-6-8-19-35(30)38-36(24)31;1-22(2)31-27-19-13-20-28(32-23(3)4)30(27)26-18-11-12-21-29(26)33(24-14-7-5-8-15-24)25-16-9-6-10-17-25;7-6-4-2-1-3-5-6/h1-27H;1-22,37H;11-13,18-25H,5-10,14-17H2,1-4H3;1-5H. The van der Waals surface area contributed by atoms with Gasteiger partial charge >= 0.3 is 0 Å². The van der Waals surface area contributed by atoms with Crippen LogP contribution in [0.1, 0.15) is 91.9 Å².